The van der Waals surface area contributed by atoms with E-state index in [4.69, 9.17) is 5.10 Å². The van der Waals surface area contributed by atoms with Crippen LogP contribution in [-0.4, -0.2) is 9.78 Å². The molecule has 0 unspecified atom stereocenters. The third-order valence-electron chi connectivity index (χ3n) is 4.50. The molecule has 0 aliphatic carbocycles. The first-order valence-corrected chi connectivity index (χ1v) is 8.58. The SMILES string of the molecule is CCc1ccc(CNCc2c(C)nn(-c3ccccc3)c2C)cc1. The Morgan fingerprint density at radius 1 is 0.875 bits per heavy atom. The summed E-state index contributed by atoms with van der Waals surface area (Å²) in [5.41, 5.74) is 7.38. The maximum absolute atomic E-state index is 4.71. The molecule has 0 bridgehead atoms. The van der Waals surface area contributed by atoms with Crippen molar-refractivity contribution >= 4 is 0 Å². The molecular weight excluding hydrogens is 294 g/mol. The lowest BCUT2D eigenvalue weighted by Gasteiger charge is -2.07. The fourth-order valence-electron chi connectivity index (χ4n) is 2.98. The molecule has 3 nitrogen and oxygen atoms in total. The van der Waals surface area contributed by atoms with Crippen LogP contribution < -0.4 is 5.32 Å². The molecule has 3 aromatic rings. The van der Waals surface area contributed by atoms with Crippen molar-refractivity contribution in [2.45, 2.75) is 40.3 Å². The van der Waals surface area contributed by atoms with Gasteiger partial charge in [-0.25, -0.2) is 4.68 Å². The lowest BCUT2D eigenvalue weighted by atomic mass is 10.1. The predicted molar refractivity (Wildman–Crippen MR) is 99.4 cm³/mol. The fourth-order valence-corrected chi connectivity index (χ4v) is 2.98. The second kappa shape index (κ2) is 7.45. The Morgan fingerprint density at radius 2 is 1.54 bits per heavy atom. The molecule has 0 saturated carbocycles. The summed E-state index contributed by atoms with van der Waals surface area (Å²) in [6, 6.07) is 19.1. The highest BCUT2D eigenvalue weighted by Crippen LogP contribution is 2.17. The first kappa shape index (κ1) is 16.5. The molecule has 0 aliphatic heterocycles. The number of nitrogens with one attached hydrogen (secondary N) is 1. The van der Waals surface area contributed by atoms with Crippen molar-refractivity contribution in [2.24, 2.45) is 0 Å². The van der Waals surface area contributed by atoms with E-state index in [1.165, 1.54) is 22.4 Å². The third-order valence-corrected chi connectivity index (χ3v) is 4.50. The second-order valence-electron chi connectivity index (χ2n) is 6.17. The van der Waals surface area contributed by atoms with Crippen LogP contribution >= 0.6 is 0 Å². The molecule has 1 heterocycles. The van der Waals surface area contributed by atoms with Crippen LogP contribution in [0.3, 0.4) is 0 Å². The van der Waals surface area contributed by atoms with Gasteiger partial charge in [0.15, 0.2) is 0 Å². The van der Waals surface area contributed by atoms with Crippen LogP contribution in [0, 0.1) is 13.8 Å². The van der Waals surface area contributed by atoms with E-state index in [1.54, 1.807) is 0 Å². The minimum absolute atomic E-state index is 0.833. The molecule has 1 aromatic heterocycles. The Bertz CT molecular complexity index is 786. The summed E-state index contributed by atoms with van der Waals surface area (Å²) in [5, 5.41) is 8.25. The predicted octanol–water partition coefficient (Wildman–Crippen LogP) is 4.34. The molecule has 0 radical (unpaired) electrons. The van der Waals surface area contributed by atoms with E-state index in [0.29, 0.717) is 0 Å². The fraction of sp³-hybridized carbons (Fsp3) is 0.286. The van der Waals surface area contributed by atoms with E-state index in [1.807, 2.05) is 22.9 Å². The molecule has 0 spiro atoms. The highest BCUT2D eigenvalue weighted by Gasteiger charge is 2.12. The maximum atomic E-state index is 4.71. The van der Waals surface area contributed by atoms with Crippen LogP contribution in [-0.2, 0) is 19.5 Å². The van der Waals surface area contributed by atoms with Crippen molar-refractivity contribution in [3.8, 4) is 5.69 Å². The molecule has 0 atom stereocenters. The number of rotatable bonds is 6. The van der Waals surface area contributed by atoms with E-state index in [-0.39, 0.29) is 0 Å². The number of hydrogen-bond donors (Lipinski definition) is 1. The zero-order chi connectivity index (χ0) is 16.9. The number of aryl methyl sites for hydroxylation is 2. The van der Waals surface area contributed by atoms with Crippen molar-refractivity contribution in [2.75, 3.05) is 0 Å². The first-order valence-electron chi connectivity index (χ1n) is 8.58. The van der Waals surface area contributed by atoms with Crippen molar-refractivity contribution in [1.29, 1.82) is 0 Å². The van der Waals surface area contributed by atoms with Gasteiger partial charge < -0.3 is 5.32 Å². The monoisotopic (exact) mass is 319 g/mol. The molecule has 124 valence electrons. The van der Waals surface area contributed by atoms with Gasteiger partial charge in [0, 0.05) is 24.3 Å². The zero-order valence-electron chi connectivity index (χ0n) is 14.7. The van der Waals surface area contributed by atoms with Crippen molar-refractivity contribution in [1.82, 2.24) is 15.1 Å². The Hall–Kier alpha value is -2.39. The molecule has 24 heavy (non-hydrogen) atoms. The van der Waals surface area contributed by atoms with Gasteiger partial charge in [0.1, 0.15) is 0 Å². The van der Waals surface area contributed by atoms with E-state index < -0.39 is 0 Å². The highest BCUT2D eigenvalue weighted by molar-refractivity contribution is 5.36. The minimum Gasteiger partial charge on any atom is -0.308 e. The van der Waals surface area contributed by atoms with Gasteiger partial charge in [-0.2, -0.15) is 5.10 Å². The average Bonchev–Trinajstić information content (AvgIpc) is 2.91. The van der Waals surface area contributed by atoms with Gasteiger partial charge in [0.25, 0.3) is 0 Å². The molecular formula is C21H25N3. The number of hydrogen-bond acceptors (Lipinski definition) is 2. The first-order chi connectivity index (χ1) is 11.7. The van der Waals surface area contributed by atoms with E-state index >= 15 is 0 Å². The van der Waals surface area contributed by atoms with E-state index in [0.717, 1.165) is 30.9 Å². The number of nitrogens with zero attached hydrogens (tertiary/aromatic N) is 2. The summed E-state index contributed by atoms with van der Waals surface area (Å²) >= 11 is 0. The van der Waals surface area contributed by atoms with Crippen molar-refractivity contribution in [3.05, 3.63) is 82.7 Å². The van der Waals surface area contributed by atoms with Gasteiger partial charge in [-0.3, -0.25) is 0 Å². The molecule has 3 rings (SSSR count). The number of aromatic nitrogens is 2. The highest BCUT2D eigenvalue weighted by atomic mass is 15.3. The topological polar surface area (TPSA) is 29.9 Å². The van der Waals surface area contributed by atoms with Crippen molar-refractivity contribution < 1.29 is 0 Å². The Labute approximate surface area is 144 Å². The number of benzene rings is 2. The van der Waals surface area contributed by atoms with Gasteiger partial charge in [-0.15, -0.1) is 0 Å². The summed E-state index contributed by atoms with van der Waals surface area (Å²) in [7, 11) is 0. The summed E-state index contributed by atoms with van der Waals surface area (Å²) in [4.78, 5) is 0. The van der Waals surface area contributed by atoms with Gasteiger partial charge >= 0.3 is 0 Å². The zero-order valence-corrected chi connectivity index (χ0v) is 14.7. The van der Waals surface area contributed by atoms with E-state index in [9.17, 15) is 0 Å². The lowest BCUT2D eigenvalue weighted by molar-refractivity contribution is 0.687. The van der Waals surface area contributed by atoms with E-state index in [2.05, 4.69) is 62.5 Å². The summed E-state index contributed by atoms with van der Waals surface area (Å²) in [6.07, 6.45) is 1.09. The van der Waals surface area contributed by atoms with Crippen LogP contribution in [0.5, 0.6) is 0 Å². The molecule has 0 aliphatic rings. The van der Waals surface area contributed by atoms with Crippen LogP contribution in [0.4, 0.5) is 0 Å². The minimum atomic E-state index is 0.833. The van der Waals surface area contributed by atoms with Crippen LogP contribution in [0.2, 0.25) is 0 Å². The standard InChI is InChI=1S/C21H25N3/c1-4-18-10-12-19(13-11-18)14-22-15-21-16(2)23-24(17(21)3)20-8-6-5-7-9-20/h5-13,22H,4,14-15H2,1-3H3. The Morgan fingerprint density at radius 3 is 2.21 bits per heavy atom. The van der Waals surface area contributed by atoms with Gasteiger partial charge in [-0.1, -0.05) is 49.4 Å². The normalized spacial score (nSPS) is 11.0. The molecule has 2 aromatic carbocycles. The largest absolute Gasteiger partial charge is 0.308 e. The maximum Gasteiger partial charge on any atom is 0.0648 e. The quantitative estimate of drug-likeness (QED) is 0.732. The number of para-hydroxylation sites is 1. The summed E-state index contributed by atoms with van der Waals surface area (Å²) in [6.45, 7) is 8.11. The summed E-state index contributed by atoms with van der Waals surface area (Å²) < 4.78 is 2.03. The average molecular weight is 319 g/mol. The Kier molecular flexibility index (Phi) is 5.11. The third kappa shape index (κ3) is 3.57. The van der Waals surface area contributed by atoms with Gasteiger partial charge in [0.05, 0.1) is 11.4 Å². The van der Waals surface area contributed by atoms with Gasteiger partial charge in [0.2, 0.25) is 0 Å². The molecule has 0 saturated heterocycles. The van der Waals surface area contributed by atoms with Crippen molar-refractivity contribution in [3.63, 3.8) is 0 Å². The van der Waals surface area contributed by atoms with Crippen LogP contribution in [0.25, 0.3) is 5.69 Å². The Balaban J connectivity index is 1.68. The summed E-state index contributed by atoms with van der Waals surface area (Å²) in [5.74, 6) is 0. The van der Waals surface area contributed by atoms with Crippen LogP contribution in [0.15, 0.2) is 54.6 Å². The molecule has 0 fully saturated rings. The molecule has 1 N–H and O–H groups in total. The van der Waals surface area contributed by atoms with Gasteiger partial charge in [-0.05, 0) is 43.5 Å². The molecule has 3 heteroatoms. The lowest BCUT2D eigenvalue weighted by Crippen LogP contribution is -2.14. The molecule has 0 amide bonds. The second-order valence-corrected chi connectivity index (χ2v) is 6.17. The smallest absolute Gasteiger partial charge is 0.0648 e. The van der Waals surface area contributed by atoms with Crippen LogP contribution in [0.1, 0.15) is 35.0 Å².